The standard InChI is InChI=1S/2C7H12F3NO2.2ClH/c2*8-7(9,10)4-2-1-3-5(11)6(12)13;;/h2*5H,1-4,11H2,(H,12,13);2*1H/t2*5-;;/m10../s1. The molecule has 0 saturated heterocycles. The fourth-order valence-corrected chi connectivity index (χ4v) is 1.63. The van der Waals surface area contributed by atoms with Crippen molar-refractivity contribution in [3.05, 3.63) is 0 Å². The zero-order chi connectivity index (χ0) is 21.0. The molecule has 0 radical (unpaired) electrons. The van der Waals surface area contributed by atoms with Crippen molar-refractivity contribution in [2.75, 3.05) is 0 Å². The lowest BCUT2D eigenvalue weighted by atomic mass is 10.1. The van der Waals surface area contributed by atoms with E-state index in [0.717, 1.165) is 0 Å². The van der Waals surface area contributed by atoms with Crippen LogP contribution in [0.5, 0.6) is 0 Å². The Labute approximate surface area is 170 Å². The fraction of sp³-hybridized carbons (Fsp3) is 0.857. The molecule has 6 nitrogen and oxygen atoms in total. The number of hydrogen-bond acceptors (Lipinski definition) is 4. The highest BCUT2D eigenvalue weighted by atomic mass is 35.5. The van der Waals surface area contributed by atoms with Gasteiger partial charge in [0, 0.05) is 12.8 Å². The van der Waals surface area contributed by atoms with Gasteiger partial charge in [0.2, 0.25) is 0 Å². The molecule has 6 N–H and O–H groups in total. The van der Waals surface area contributed by atoms with Crippen molar-refractivity contribution < 1.29 is 46.1 Å². The predicted molar refractivity (Wildman–Crippen MR) is 94.8 cm³/mol. The number of carbonyl (C=O) groups is 2. The molecule has 0 unspecified atom stereocenters. The van der Waals surface area contributed by atoms with Crippen LogP contribution in [-0.4, -0.2) is 46.6 Å². The highest BCUT2D eigenvalue weighted by Crippen LogP contribution is 2.23. The minimum Gasteiger partial charge on any atom is -0.480 e. The van der Waals surface area contributed by atoms with Gasteiger partial charge in [-0.15, -0.1) is 24.8 Å². The molecule has 28 heavy (non-hydrogen) atoms. The lowest BCUT2D eigenvalue weighted by molar-refractivity contribution is -0.140. The minimum atomic E-state index is -4.16. The summed E-state index contributed by atoms with van der Waals surface area (Å²) in [5, 5.41) is 16.6. The minimum absolute atomic E-state index is 0. The first-order chi connectivity index (χ1) is 11.7. The van der Waals surface area contributed by atoms with Crippen molar-refractivity contribution >= 4 is 36.8 Å². The van der Waals surface area contributed by atoms with E-state index >= 15 is 0 Å². The summed E-state index contributed by atoms with van der Waals surface area (Å²) in [6, 6.07) is -2.10. The summed E-state index contributed by atoms with van der Waals surface area (Å²) in [6.07, 6.45) is -9.65. The molecule has 0 aromatic rings. The Balaban J connectivity index is -0.000000192. The number of nitrogens with two attached hydrogens (primary N) is 2. The zero-order valence-corrected chi connectivity index (χ0v) is 16.4. The molecule has 0 aliphatic carbocycles. The molecule has 172 valence electrons. The third kappa shape index (κ3) is 27.2. The first kappa shape index (κ1) is 34.5. The molecular weight excluding hydrogens is 445 g/mol. The van der Waals surface area contributed by atoms with Crippen LogP contribution < -0.4 is 11.5 Å². The summed E-state index contributed by atoms with van der Waals surface area (Å²) < 4.78 is 69.5. The first-order valence-electron chi connectivity index (χ1n) is 7.76. The summed E-state index contributed by atoms with van der Waals surface area (Å²) in [7, 11) is 0. The maximum atomic E-state index is 11.6. The van der Waals surface area contributed by atoms with Gasteiger partial charge in [0.1, 0.15) is 12.1 Å². The van der Waals surface area contributed by atoms with Crippen molar-refractivity contribution in [1.82, 2.24) is 0 Å². The molecule has 0 aromatic heterocycles. The van der Waals surface area contributed by atoms with Crippen LogP contribution in [0, 0.1) is 0 Å². The third-order valence-corrected chi connectivity index (χ3v) is 3.09. The van der Waals surface area contributed by atoms with Gasteiger partial charge in [0.25, 0.3) is 0 Å². The van der Waals surface area contributed by atoms with Gasteiger partial charge >= 0.3 is 24.3 Å². The van der Waals surface area contributed by atoms with Crippen molar-refractivity contribution in [3.8, 4) is 0 Å². The largest absolute Gasteiger partial charge is 0.480 e. The molecular formula is C14H26Cl2F6N2O4. The molecule has 0 aliphatic heterocycles. The molecule has 0 fully saturated rings. The topological polar surface area (TPSA) is 127 Å². The molecule has 0 amide bonds. The van der Waals surface area contributed by atoms with E-state index in [2.05, 4.69) is 0 Å². The number of aliphatic carboxylic acids is 2. The molecule has 0 aromatic carbocycles. The van der Waals surface area contributed by atoms with Crippen LogP contribution in [-0.2, 0) is 9.59 Å². The Kier molecular flexibility index (Phi) is 20.9. The average Bonchev–Trinajstić information content (AvgIpc) is 2.46. The Morgan fingerprint density at radius 2 is 0.929 bits per heavy atom. The fourth-order valence-electron chi connectivity index (χ4n) is 1.63. The van der Waals surface area contributed by atoms with E-state index in [1.54, 1.807) is 0 Å². The Morgan fingerprint density at radius 1 is 0.679 bits per heavy atom. The van der Waals surface area contributed by atoms with E-state index in [9.17, 15) is 35.9 Å². The molecule has 14 heteroatoms. The number of alkyl halides is 6. The smallest absolute Gasteiger partial charge is 0.389 e. The van der Waals surface area contributed by atoms with Gasteiger partial charge < -0.3 is 21.7 Å². The lowest BCUT2D eigenvalue weighted by Gasteiger charge is -2.07. The Bertz CT molecular complexity index is 388. The van der Waals surface area contributed by atoms with Gasteiger partial charge in [0.05, 0.1) is 0 Å². The highest BCUT2D eigenvalue weighted by molar-refractivity contribution is 5.85. The Morgan fingerprint density at radius 3 is 1.11 bits per heavy atom. The molecule has 0 rings (SSSR count). The number of halogens is 8. The number of rotatable bonds is 10. The molecule has 0 bridgehead atoms. The average molecular weight is 471 g/mol. The Hall–Kier alpha value is -0.980. The normalized spacial score (nSPS) is 13.1. The van der Waals surface area contributed by atoms with Crippen LogP contribution >= 0.6 is 24.8 Å². The van der Waals surface area contributed by atoms with Crippen LogP contribution in [0.15, 0.2) is 0 Å². The molecule has 0 spiro atoms. The van der Waals surface area contributed by atoms with Crippen LogP contribution in [0.25, 0.3) is 0 Å². The summed E-state index contributed by atoms with van der Waals surface area (Å²) in [6.45, 7) is 0. The van der Waals surface area contributed by atoms with Crippen LogP contribution in [0.4, 0.5) is 26.3 Å². The van der Waals surface area contributed by atoms with E-state index in [1.807, 2.05) is 0 Å². The molecule has 2 atom stereocenters. The molecule has 0 heterocycles. The van der Waals surface area contributed by atoms with E-state index < -0.39 is 49.2 Å². The number of carboxylic acid groups (broad SMARTS) is 2. The van der Waals surface area contributed by atoms with E-state index in [1.165, 1.54) is 0 Å². The number of hydrogen-bond donors (Lipinski definition) is 4. The summed E-state index contributed by atoms with van der Waals surface area (Å²) in [4.78, 5) is 20.3. The van der Waals surface area contributed by atoms with E-state index in [-0.39, 0.29) is 63.3 Å². The molecule has 0 saturated carbocycles. The quantitative estimate of drug-likeness (QED) is 0.283. The summed E-state index contributed by atoms with van der Waals surface area (Å²) >= 11 is 0. The van der Waals surface area contributed by atoms with Crippen LogP contribution in [0.3, 0.4) is 0 Å². The molecule has 0 aliphatic rings. The van der Waals surface area contributed by atoms with Gasteiger partial charge in [-0.3, -0.25) is 9.59 Å². The van der Waals surface area contributed by atoms with E-state index in [0.29, 0.717) is 0 Å². The number of carboxylic acids is 2. The second-order valence-corrected chi connectivity index (χ2v) is 5.61. The summed E-state index contributed by atoms with van der Waals surface area (Å²) in [5.74, 6) is -2.35. The second kappa shape index (κ2) is 16.9. The van der Waals surface area contributed by atoms with Crippen molar-refractivity contribution in [2.45, 2.75) is 75.8 Å². The van der Waals surface area contributed by atoms with Crippen LogP contribution in [0.1, 0.15) is 51.4 Å². The van der Waals surface area contributed by atoms with Gasteiger partial charge in [-0.1, -0.05) is 12.8 Å². The van der Waals surface area contributed by atoms with Crippen molar-refractivity contribution in [1.29, 1.82) is 0 Å². The SMILES string of the molecule is Cl.Cl.N[C@@H](CCCCC(F)(F)F)C(=O)O.N[C@H](CCCCC(F)(F)F)C(=O)O. The van der Waals surface area contributed by atoms with Gasteiger partial charge in [-0.2, -0.15) is 26.3 Å². The van der Waals surface area contributed by atoms with Gasteiger partial charge in [0.15, 0.2) is 0 Å². The number of unbranched alkanes of at least 4 members (excludes halogenated alkanes) is 2. The third-order valence-electron chi connectivity index (χ3n) is 3.09. The van der Waals surface area contributed by atoms with Crippen LogP contribution in [0.2, 0.25) is 0 Å². The summed E-state index contributed by atoms with van der Waals surface area (Å²) in [5.41, 5.74) is 10.2. The monoisotopic (exact) mass is 470 g/mol. The maximum absolute atomic E-state index is 11.6. The van der Waals surface area contributed by atoms with Crippen molar-refractivity contribution in [3.63, 3.8) is 0 Å². The van der Waals surface area contributed by atoms with Crippen molar-refractivity contribution in [2.24, 2.45) is 11.5 Å². The zero-order valence-electron chi connectivity index (χ0n) is 14.8. The van der Waals surface area contributed by atoms with Gasteiger partial charge in [-0.25, -0.2) is 0 Å². The predicted octanol–water partition coefficient (Wildman–Crippen LogP) is 3.89. The highest BCUT2D eigenvalue weighted by Gasteiger charge is 2.26. The maximum Gasteiger partial charge on any atom is 0.389 e. The lowest BCUT2D eigenvalue weighted by Crippen LogP contribution is -2.29. The second-order valence-electron chi connectivity index (χ2n) is 5.61. The first-order valence-corrected chi connectivity index (χ1v) is 7.76. The van der Waals surface area contributed by atoms with Gasteiger partial charge in [-0.05, 0) is 25.7 Å². The van der Waals surface area contributed by atoms with E-state index in [4.69, 9.17) is 21.7 Å².